The zero-order valence-electron chi connectivity index (χ0n) is 11.5. The Morgan fingerprint density at radius 2 is 2.15 bits per heavy atom. The van der Waals surface area contributed by atoms with E-state index in [1.54, 1.807) is 0 Å². The van der Waals surface area contributed by atoms with Crippen molar-refractivity contribution < 1.29 is 19.2 Å². The molecule has 0 spiro atoms. The monoisotopic (exact) mass is 281 g/mol. The van der Waals surface area contributed by atoms with Crippen LogP contribution in [0.2, 0.25) is 0 Å². The fourth-order valence-corrected chi connectivity index (χ4v) is 2.32. The molecule has 1 aromatic rings. The maximum atomic E-state index is 11.5. The number of aromatic nitrogens is 2. The molecule has 0 unspecified atom stereocenters. The zero-order chi connectivity index (χ0) is 14.5. The molecule has 0 aliphatic heterocycles. The largest absolute Gasteiger partial charge is 0.480 e. The van der Waals surface area contributed by atoms with Crippen molar-refractivity contribution in [2.24, 2.45) is 0 Å². The lowest BCUT2D eigenvalue weighted by Crippen LogP contribution is -2.38. The van der Waals surface area contributed by atoms with Crippen LogP contribution >= 0.6 is 0 Å². The summed E-state index contributed by atoms with van der Waals surface area (Å²) < 4.78 is 5.12. The third-order valence-corrected chi connectivity index (χ3v) is 3.52. The second kappa shape index (κ2) is 6.49. The summed E-state index contributed by atoms with van der Waals surface area (Å²) in [6.07, 6.45) is 5.06. The fourth-order valence-electron chi connectivity index (χ4n) is 2.32. The molecule has 1 saturated carbocycles. The summed E-state index contributed by atoms with van der Waals surface area (Å²) in [4.78, 5) is 26.4. The average Bonchev–Trinajstić information content (AvgIpc) is 3.07. The minimum Gasteiger partial charge on any atom is -0.480 e. The number of rotatable bonds is 6. The standard InChI is InChI=1S/C13H19N3O4/c1-8(13(18)19)14-10(17)6-7-11-15-12(16-20-11)9-4-2-3-5-9/h8-9H,2-7H2,1H3,(H,14,17)(H,18,19)/t8-/m0/s1. The van der Waals surface area contributed by atoms with Crippen LogP contribution in [-0.2, 0) is 16.0 Å². The number of carbonyl (C=O) groups is 2. The first-order valence-electron chi connectivity index (χ1n) is 6.91. The van der Waals surface area contributed by atoms with Gasteiger partial charge in [0.15, 0.2) is 5.82 Å². The van der Waals surface area contributed by atoms with Gasteiger partial charge in [-0.3, -0.25) is 9.59 Å². The van der Waals surface area contributed by atoms with Crippen molar-refractivity contribution in [2.45, 2.75) is 57.4 Å². The lowest BCUT2D eigenvalue weighted by atomic mass is 10.1. The van der Waals surface area contributed by atoms with E-state index >= 15 is 0 Å². The van der Waals surface area contributed by atoms with Crippen molar-refractivity contribution in [1.82, 2.24) is 15.5 Å². The fraction of sp³-hybridized carbons (Fsp3) is 0.692. The summed E-state index contributed by atoms with van der Waals surface area (Å²) in [5.41, 5.74) is 0. The number of carboxylic acids is 1. The van der Waals surface area contributed by atoms with Gasteiger partial charge in [-0.2, -0.15) is 4.98 Å². The number of hydrogen-bond acceptors (Lipinski definition) is 5. The van der Waals surface area contributed by atoms with Crippen molar-refractivity contribution in [1.29, 1.82) is 0 Å². The molecular weight excluding hydrogens is 262 g/mol. The topological polar surface area (TPSA) is 105 Å². The third-order valence-electron chi connectivity index (χ3n) is 3.52. The van der Waals surface area contributed by atoms with E-state index in [0.29, 0.717) is 18.2 Å². The summed E-state index contributed by atoms with van der Waals surface area (Å²) in [5.74, 6) is 0.162. The molecule has 1 aliphatic carbocycles. The third kappa shape index (κ3) is 3.79. The van der Waals surface area contributed by atoms with Gasteiger partial charge in [0, 0.05) is 18.8 Å². The van der Waals surface area contributed by atoms with Gasteiger partial charge in [-0.05, 0) is 19.8 Å². The van der Waals surface area contributed by atoms with Gasteiger partial charge in [0.2, 0.25) is 11.8 Å². The number of carboxylic acid groups (broad SMARTS) is 1. The zero-order valence-corrected chi connectivity index (χ0v) is 11.5. The Hall–Kier alpha value is -1.92. The highest BCUT2D eigenvalue weighted by molar-refractivity contribution is 5.83. The molecule has 7 heteroatoms. The van der Waals surface area contributed by atoms with Crippen LogP contribution in [0.1, 0.15) is 56.7 Å². The van der Waals surface area contributed by atoms with Crippen LogP contribution in [0.5, 0.6) is 0 Å². The Morgan fingerprint density at radius 1 is 1.45 bits per heavy atom. The Labute approximate surface area is 116 Å². The van der Waals surface area contributed by atoms with Gasteiger partial charge in [0.1, 0.15) is 6.04 Å². The van der Waals surface area contributed by atoms with Gasteiger partial charge >= 0.3 is 5.97 Å². The number of nitrogens with zero attached hydrogens (tertiary/aromatic N) is 2. The lowest BCUT2D eigenvalue weighted by molar-refractivity contribution is -0.141. The highest BCUT2D eigenvalue weighted by atomic mass is 16.5. The minimum absolute atomic E-state index is 0.143. The van der Waals surface area contributed by atoms with Gasteiger partial charge in [0.05, 0.1) is 0 Å². The molecule has 1 aliphatic rings. The smallest absolute Gasteiger partial charge is 0.325 e. The SMILES string of the molecule is C[C@H](NC(=O)CCc1nc(C2CCCC2)no1)C(=O)O. The summed E-state index contributed by atoms with van der Waals surface area (Å²) in [7, 11) is 0. The van der Waals surface area contributed by atoms with E-state index < -0.39 is 12.0 Å². The van der Waals surface area contributed by atoms with Crippen molar-refractivity contribution in [3.8, 4) is 0 Å². The predicted molar refractivity (Wildman–Crippen MR) is 69.1 cm³/mol. The first kappa shape index (κ1) is 14.5. The highest BCUT2D eigenvalue weighted by Crippen LogP contribution is 2.32. The highest BCUT2D eigenvalue weighted by Gasteiger charge is 2.22. The molecule has 0 bridgehead atoms. The Kier molecular flexibility index (Phi) is 4.70. The van der Waals surface area contributed by atoms with Gasteiger partial charge in [-0.1, -0.05) is 18.0 Å². The van der Waals surface area contributed by atoms with Crippen molar-refractivity contribution >= 4 is 11.9 Å². The van der Waals surface area contributed by atoms with Crippen molar-refractivity contribution in [3.05, 3.63) is 11.7 Å². The molecule has 1 atom stereocenters. The molecule has 20 heavy (non-hydrogen) atoms. The van der Waals surface area contributed by atoms with E-state index in [2.05, 4.69) is 15.5 Å². The van der Waals surface area contributed by atoms with E-state index in [1.165, 1.54) is 19.8 Å². The molecule has 110 valence electrons. The van der Waals surface area contributed by atoms with Gasteiger partial charge in [0.25, 0.3) is 0 Å². The van der Waals surface area contributed by atoms with Crippen LogP contribution in [0.15, 0.2) is 4.52 Å². The molecule has 2 N–H and O–H groups in total. The summed E-state index contributed by atoms with van der Waals surface area (Å²) in [5, 5.41) is 15.0. The molecule has 7 nitrogen and oxygen atoms in total. The summed E-state index contributed by atoms with van der Waals surface area (Å²) >= 11 is 0. The van der Waals surface area contributed by atoms with Crippen LogP contribution in [-0.4, -0.2) is 33.2 Å². The molecule has 1 fully saturated rings. The van der Waals surface area contributed by atoms with E-state index in [4.69, 9.17) is 9.63 Å². The number of aryl methyl sites for hydroxylation is 1. The number of hydrogen-bond donors (Lipinski definition) is 2. The number of aliphatic carboxylic acids is 1. The van der Waals surface area contributed by atoms with E-state index in [1.807, 2.05) is 0 Å². The van der Waals surface area contributed by atoms with Crippen LogP contribution in [0.25, 0.3) is 0 Å². The Balaban J connectivity index is 1.79. The lowest BCUT2D eigenvalue weighted by Gasteiger charge is -2.07. The molecule has 2 rings (SSSR count). The van der Waals surface area contributed by atoms with E-state index in [0.717, 1.165) is 18.7 Å². The van der Waals surface area contributed by atoms with Gasteiger partial charge in [-0.25, -0.2) is 0 Å². The van der Waals surface area contributed by atoms with Gasteiger partial charge in [-0.15, -0.1) is 0 Å². The number of amides is 1. The average molecular weight is 281 g/mol. The minimum atomic E-state index is -1.06. The predicted octanol–water partition coefficient (Wildman–Crippen LogP) is 1.25. The van der Waals surface area contributed by atoms with Gasteiger partial charge < -0.3 is 14.9 Å². The second-order valence-corrected chi connectivity index (χ2v) is 5.16. The van der Waals surface area contributed by atoms with Crippen LogP contribution < -0.4 is 5.32 Å². The van der Waals surface area contributed by atoms with Crippen LogP contribution in [0, 0.1) is 0 Å². The molecule has 1 amide bonds. The van der Waals surface area contributed by atoms with Crippen molar-refractivity contribution in [2.75, 3.05) is 0 Å². The first-order valence-corrected chi connectivity index (χ1v) is 6.91. The number of carbonyl (C=O) groups excluding carboxylic acids is 1. The Bertz CT molecular complexity index is 480. The summed E-state index contributed by atoms with van der Waals surface area (Å²) in [6, 6.07) is -0.890. The Morgan fingerprint density at radius 3 is 2.80 bits per heavy atom. The van der Waals surface area contributed by atoms with Crippen LogP contribution in [0.4, 0.5) is 0 Å². The molecule has 0 radical (unpaired) electrons. The number of nitrogens with one attached hydrogen (secondary N) is 1. The first-order chi connectivity index (χ1) is 9.56. The molecule has 1 heterocycles. The maximum absolute atomic E-state index is 11.5. The molecule has 0 aromatic carbocycles. The second-order valence-electron chi connectivity index (χ2n) is 5.16. The van der Waals surface area contributed by atoms with Crippen molar-refractivity contribution in [3.63, 3.8) is 0 Å². The molecular formula is C13H19N3O4. The molecule has 1 aromatic heterocycles. The normalized spacial score (nSPS) is 17.1. The van der Waals surface area contributed by atoms with Crippen LogP contribution in [0.3, 0.4) is 0 Å². The quantitative estimate of drug-likeness (QED) is 0.813. The maximum Gasteiger partial charge on any atom is 0.325 e. The van der Waals surface area contributed by atoms with E-state index in [-0.39, 0.29) is 12.3 Å². The molecule has 0 saturated heterocycles. The van der Waals surface area contributed by atoms with E-state index in [9.17, 15) is 9.59 Å². The summed E-state index contributed by atoms with van der Waals surface area (Å²) in [6.45, 7) is 1.42.